The molecule has 2 rings (SSSR count). The minimum Gasteiger partial charge on any atom is -0.478 e. The molecule has 0 radical (unpaired) electrons. The lowest BCUT2D eigenvalue weighted by atomic mass is 10.3. The molecule has 0 saturated carbocycles. The highest BCUT2D eigenvalue weighted by molar-refractivity contribution is 5.59. The minimum atomic E-state index is -0.426. The third-order valence-electron chi connectivity index (χ3n) is 3.08. The number of anilines is 1. The molecule has 1 N–H and O–H groups in total. The summed E-state index contributed by atoms with van der Waals surface area (Å²) in [5, 5.41) is 18.2. The Labute approximate surface area is 128 Å². The van der Waals surface area contributed by atoms with E-state index in [4.69, 9.17) is 4.74 Å². The normalized spacial score (nSPS) is 10.5. The van der Waals surface area contributed by atoms with E-state index in [0.29, 0.717) is 30.5 Å². The van der Waals surface area contributed by atoms with Crippen molar-refractivity contribution in [2.24, 2.45) is 7.05 Å². The molecule has 22 heavy (non-hydrogen) atoms. The SMILES string of the molecule is CCCOc1ccc(CNc2c([N+](=O)[O-])c(C)nn2C)cn1. The molecule has 0 unspecified atom stereocenters. The van der Waals surface area contributed by atoms with Gasteiger partial charge in [-0.15, -0.1) is 0 Å². The molecule has 0 aromatic carbocycles. The number of hydrogen-bond donors (Lipinski definition) is 1. The zero-order valence-electron chi connectivity index (χ0n) is 12.9. The molecule has 2 aromatic rings. The molecular formula is C14H19N5O3. The van der Waals surface area contributed by atoms with E-state index in [1.54, 1.807) is 26.2 Å². The van der Waals surface area contributed by atoms with Gasteiger partial charge in [0.2, 0.25) is 11.7 Å². The second-order valence-corrected chi connectivity index (χ2v) is 4.87. The first-order valence-corrected chi connectivity index (χ1v) is 7.02. The number of ether oxygens (including phenoxy) is 1. The van der Waals surface area contributed by atoms with Crippen molar-refractivity contribution in [2.45, 2.75) is 26.8 Å². The zero-order chi connectivity index (χ0) is 16.1. The lowest BCUT2D eigenvalue weighted by Crippen LogP contribution is -2.07. The van der Waals surface area contributed by atoms with Crippen molar-refractivity contribution in [1.82, 2.24) is 14.8 Å². The average Bonchev–Trinajstić information content (AvgIpc) is 2.78. The van der Waals surface area contributed by atoms with Gasteiger partial charge < -0.3 is 10.1 Å². The Kier molecular flexibility index (Phi) is 4.92. The molecule has 0 aliphatic carbocycles. The summed E-state index contributed by atoms with van der Waals surface area (Å²) in [7, 11) is 1.67. The predicted octanol–water partition coefficient (Wildman–Crippen LogP) is 2.43. The number of aryl methyl sites for hydroxylation is 2. The van der Waals surface area contributed by atoms with Crippen LogP contribution in [0.25, 0.3) is 0 Å². The quantitative estimate of drug-likeness (QED) is 0.623. The topological polar surface area (TPSA) is 95.1 Å². The fourth-order valence-electron chi connectivity index (χ4n) is 2.06. The first kappa shape index (κ1) is 15.7. The van der Waals surface area contributed by atoms with Crippen LogP contribution in [0.4, 0.5) is 11.5 Å². The summed E-state index contributed by atoms with van der Waals surface area (Å²) >= 11 is 0. The van der Waals surface area contributed by atoms with Crippen LogP contribution in [-0.4, -0.2) is 26.3 Å². The third-order valence-corrected chi connectivity index (χ3v) is 3.08. The molecule has 0 fully saturated rings. The Bertz CT molecular complexity index is 651. The molecule has 8 heteroatoms. The van der Waals surface area contributed by atoms with Crippen molar-refractivity contribution in [3.63, 3.8) is 0 Å². The number of nitro groups is 1. The predicted molar refractivity (Wildman–Crippen MR) is 81.9 cm³/mol. The maximum Gasteiger partial charge on any atom is 0.333 e. The highest BCUT2D eigenvalue weighted by Crippen LogP contribution is 2.27. The maximum atomic E-state index is 11.1. The van der Waals surface area contributed by atoms with Crippen molar-refractivity contribution >= 4 is 11.5 Å². The van der Waals surface area contributed by atoms with Crippen molar-refractivity contribution < 1.29 is 9.66 Å². The van der Waals surface area contributed by atoms with Crippen LogP contribution in [0.2, 0.25) is 0 Å². The fraction of sp³-hybridized carbons (Fsp3) is 0.429. The van der Waals surface area contributed by atoms with E-state index in [9.17, 15) is 10.1 Å². The molecule has 0 spiro atoms. The van der Waals surface area contributed by atoms with Crippen LogP contribution >= 0.6 is 0 Å². The summed E-state index contributed by atoms with van der Waals surface area (Å²) in [6, 6.07) is 3.66. The molecule has 0 amide bonds. The van der Waals surface area contributed by atoms with Crippen LogP contribution in [0.3, 0.4) is 0 Å². The summed E-state index contributed by atoms with van der Waals surface area (Å²) in [4.78, 5) is 14.9. The van der Waals surface area contributed by atoms with Crippen molar-refractivity contribution in [1.29, 1.82) is 0 Å². The highest BCUT2D eigenvalue weighted by Gasteiger charge is 2.23. The van der Waals surface area contributed by atoms with Gasteiger partial charge in [0.15, 0.2) is 0 Å². The van der Waals surface area contributed by atoms with E-state index in [1.807, 2.05) is 13.0 Å². The number of nitrogens with one attached hydrogen (secondary N) is 1. The number of hydrogen-bond acceptors (Lipinski definition) is 6. The van der Waals surface area contributed by atoms with Crippen LogP contribution in [0.5, 0.6) is 5.88 Å². The van der Waals surface area contributed by atoms with Gasteiger partial charge in [0.25, 0.3) is 0 Å². The van der Waals surface area contributed by atoms with Gasteiger partial charge in [-0.2, -0.15) is 5.10 Å². The Morgan fingerprint density at radius 2 is 2.23 bits per heavy atom. The van der Waals surface area contributed by atoms with E-state index in [2.05, 4.69) is 15.4 Å². The summed E-state index contributed by atoms with van der Waals surface area (Å²) in [6.45, 7) is 4.69. The smallest absolute Gasteiger partial charge is 0.333 e. The molecule has 0 bridgehead atoms. The van der Waals surface area contributed by atoms with E-state index >= 15 is 0 Å². The van der Waals surface area contributed by atoms with E-state index in [1.165, 1.54) is 4.68 Å². The lowest BCUT2D eigenvalue weighted by Gasteiger charge is -2.07. The van der Waals surface area contributed by atoms with E-state index < -0.39 is 4.92 Å². The Balaban J connectivity index is 2.06. The van der Waals surface area contributed by atoms with Gasteiger partial charge in [0, 0.05) is 25.9 Å². The molecule has 2 aromatic heterocycles. The summed E-state index contributed by atoms with van der Waals surface area (Å²) in [5.41, 5.74) is 1.28. The van der Waals surface area contributed by atoms with Crippen LogP contribution in [0, 0.1) is 17.0 Å². The Morgan fingerprint density at radius 3 is 2.82 bits per heavy atom. The standard InChI is InChI=1S/C14H19N5O3/c1-4-7-22-12-6-5-11(8-15-12)9-16-14-13(19(20)21)10(2)17-18(14)3/h5-6,8,16H,4,7,9H2,1-3H3. The molecule has 0 aliphatic heterocycles. The van der Waals surface area contributed by atoms with E-state index in [0.717, 1.165) is 12.0 Å². The van der Waals surface area contributed by atoms with Gasteiger partial charge in [-0.25, -0.2) is 9.67 Å². The molecule has 2 heterocycles. The average molecular weight is 305 g/mol. The van der Waals surface area contributed by atoms with Gasteiger partial charge in [-0.3, -0.25) is 10.1 Å². The van der Waals surface area contributed by atoms with Crippen molar-refractivity contribution in [3.05, 3.63) is 39.7 Å². The number of aromatic nitrogens is 3. The van der Waals surface area contributed by atoms with Gasteiger partial charge in [-0.05, 0) is 18.9 Å². The first-order chi connectivity index (χ1) is 10.5. The molecule has 8 nitrogen and oxygen atoms in total. The van der Waals surface area contributed by atoms with Crippen molar-refractivity contribution in [2.75, 3.05) is 11.9 Å². The first-order valence-electron chi connectivity index (χ1n) is 7.02. The monoisotopic (exact) mass is 305 g/mol. The number of pyridine rings is 1. The molecule has 0 aliphatic rings. The summed E-state index contributed by atoms with van der Waals surface area (Å²) in [6.07, 6.45) is 2.61. The third kappa shape index (κ3) is 3.51. The molecular weight excluding hydrogens is 286 g/mol. The minimum absolute atomic E-state index is 0.00152. The van der Waals surface area contributed by atoms with Gasteiger partial charge in [0.1, 0.15) is 5.69 Å². The Morgan fingerprint density at radius 1 is 1.45 bits per heavy atom. The highest BCUT2D eigenvalue weighted by atomic mass is 16.6. The summed E-state index contributed by atoms with van der Waals surface area (Å²) < 4.78 is 6.88. The lowest BCUT2D eigenvalue weighted by molar-refractivity contribution is -0.384. The van der Waals surface area contributed by atoms with Crippen LogP contribution in [0.1, 0.15) is 24.6 Å². The fourth-order valence-corrected chi connectivity index (χ4v) is 2.06. The van der Waals surface area contributed by atoms with E-state index in [-0.39, 0.29) is 5.69 Å². The second-order valence-electron chi connectivity index (χ2n) is 4.87. The molecule has 0 atom stereocenters. The second kappa shape index (κ2) is 6.88. The van der Waals surface area contributed by atoms with Crippen LogP contribution < -0.4 is 10.1 Å². The van der Waals surface area contributed by atoms with Crippen LogP contribution in [0.15, 0.2) is 18.3 Å². The molecule has 118 valence electrons. The zero-order valence-corrected chi connectivity index (χ0v) is 12.9. The Hall–Kier alpha value is -2.64. The largest absolute Gasteiger partial charge is 0.478 e. The van der Waals surface area contributed by atoms with Gasteiger partial charge >= 0.3 is 5.69 Å². The summed E-state index contributed by atoms with van der Waals surface area (Å²) in [5.74, 6) is 0.960. The van der Waals surface area contributed by atoms with Crippen LogP contribution in [-0.2, 0) is 13.6 Å². The maximum absolute atomic E-state index is 11.1. The van der Waals surface area contributed by atoms with Gasteiger partial charge in [0.05, 0.1) is 11.5 Å². The van der Waals surface area contributed by atoms with Crippen molar-refractivity contribution in [3.8, 4) is 5.88 Å². The number of rotatable bonds is 7. The molecule has 0 saturated heterocycles. The van der Waals surface area contributed by atoms with Gasteiger partial charge in [-0.1, -0.05) is 13.0 Å². The number of nitrogens with zero attached hydrogens (tertiary/aromatic N) is 4.